The van der Waals surface area contributed by atoms with Gasteiger partial charge in [-0.15, -0.1) is 0 Å². The van der Waals surface area contributed by atoms with Crippen LogP contribution in [0, 0.1) is 6.92 Å². The fraction of sp³-hybridized carbons (Fsp3) is 0.500. The first-order valence-corrected chi connectivity index (χ1v) is 3.03. The first kappa shape index (κ1) is 7.24. The number of rotatable bonds is 2. The molecule has 0 aliphatic rings. The molecule has 0 bridgehead atoms. The van der Waals surface area contributed by atoms with Crippen LogP contribution in [0.25, 0.3) is 0 Å². The van der Waals surface area contributed by atoms with Crippen molar-refractivity contribution in [1.29, 1.82) is 0 Å². The molecule has 1 rings (SSSR count). The number of nitrogens with two attached hydrogens (primary N) is 1. The van der Waals surface area contributed by atoms with E-state index in [2.05, 4.69) is 5.16 Å². The number of nitrogens with zero attached hydrogens (tertiary/aromatic N) is 1. The van der Waals surface area contributed by atoms with Crippen molar-refractivity contribution in [2.75, 3.05) is 6.61 Å². The topological polar surface area (TPSA) is 72.3 Å². The van der Waals surface area contributed by atoms with Gasteiger partial charge >= 0.3 is 0 Å². The zero-order valence-electron chi connectivity index (χ0n) is 5.74. The van der Waals surface area contributed by atoms with Crippen LogP contribution in [0.3, 0.4) is 0 Å². The Morgan fingerprint density at radius 2 is 2.60 bits per heavy atom. The molecule has 1 heterocycles. The molecule has 1 aromatic rings. The summed E-state index contributed by atoms with van der Waals surface area (Å²) in [6.45, 7) is 1.69. The Morgan fingerprint density at radius 1 is 1.90 bits per heavy atom. The third kappa shape index (κ3) is 1.34. The Hall–Kier alpha value is -0.870. The highest BCUT2D eigenvalue weighted by Crippen LogP contribution is 2.09. The molecule has 4 nitrogen and oxygen atoms in total. The lowest BCUT2D eigenvalue weighted by atomic mass is 10.2. The van der Waals surface area contributed by atoms with E-state index in [0.717, 1.165) is 5.69 Å². The van der Waals surface area contributed by atoms with E-state index in [1.807, 2.05) is 0 Å². The summed E-state index contributed by atoms with van der Waals surface area (Å²) in [4.78, 5) is 0. The van der Waals surface area contributed by atoms with Gasteiger partial charge in [-0.1, -0.05) is 5.16 Å². The highest BCUT2D eigenvalue weighted by Gasteiger charge is 2.08. The van der Waals surface area contributed by atoms with Crippen LogP contribution in [0.2, 0.25) is 0 Å². The highest BCUT2D eigenvalue weighted by atomic mass is 16.5. The number of aromatic nitrogens is 1. The van der Waals surface area contributed by atoms with Crippen molar-refractivity contribution in [2.45, 2.75) is 13.0 Å². The van der Waals surface area contributed by atoms with E-state index in [1.54, 1.807) is 13.0 Å². The predicted molar refractivity (Wildman–Crippen MR) is 35.3 cm³/mol. The molecule has 0 aromatic carbocycles. The van der Waals surface area contributed by atoms with Crippen LogP contribution in [0.1, 0.15) is 17.5 Å². The van der Waals surface area contributed by atoms with Crippen molar-refractivity contribution in [1.82, 2.24) is 5.16 Å². The van der Waals surface area contributed by atoms with E-state index >= 15 is 0 Å². The van der Waals surface area contributed by atoms with Gasteiger partial charge in [0, 0.05) is 6.07 Å². The third-order valence-electron chi connectivity index (χ3n) is 1.21. The number of aliphatic hydroxyl groups excluding tert-OH is 1. The fourth-order valence-corrected chi connectivity index (χ4v) is 0.648. The molecule has 0 amide bonds. The SMILES string of the molecule is Cc1cc([C@H](N)CO)on1. The lowest BCUT2D eigenvalue weighted by Gasteiger charge is -1.99. The van der Waals surface area contributed by atoms with Gasteiger partial charge in [0.1, 0.15) is 0 Å². The molecule has 3 N–H and O–H groups in total. The Labute approximate surface area is 58.6 Å². The minimum Gasteiger partial charge on any atom is -0.394 e. The summed E-state index contributed by atoms with van der Waals surface area (Å²) in [5.41, 5.74) is 6.20. The summed E-state index contributed by atoms with van der Waals surface area (Å²) in [5.74, 6) is 0.528. The quantitative estimate of drug-likeness (QED) is 0.608. The maximum absolute atomic E-state index is 8.58. The molecule has 0 saturated carbocycles. The van der Waals surface area contributed by atoms with Crippen LogP contribution in [0.15, 0.2) is 10.6 Å². The smallest absolute Gasteiger partial charge is 0.156 e. The van der Waals surface area contributed by atoms with E-state index in [-0.39, 0.29) is 6.61 Å². The summed E-state index contributed by atoms with van der Waals surface area (Å²) in [6, 6.07) is 1.27. The van der Waals surface area contributed by atoms with Gasteiger partial charge in [-0.25, -0.2) is 0 Å². The van der Waals surface area contributed by atoms with Crippen LogP contribution in [0.4, 0.5) is 0 Å². The molecule has 0 spiro atoms. The van der Waals surface area contributed by atoms with Crippen molar-refractivity contribution in [3.63, 3.8) is 0 Å². The second-order valence-corrected chi connectivity index (χ2v) is 2.16. The monoisotopic (exact) mass is 142 g/mol. The molecule has 0 saturated heterocycles. The molecule has 1 aromatic heterocycles. The van der Waals surface area contributed by atoms with Crippen LogP contribution in [0.5, 0.6) is 0 Å². The van der Waals surface area contributed by atoms with Gasteiger partial charge in [-0.3, -0.25) is 0 Å². The van der Waals surface area contributed by atoms with E-state index in [1.165, 1.54) is 0 Å². The van der Waals surface area contributed by atoms with Crippen LogP contribution >= 0.6 is 0 Å². The summed E-state index contributed by atoms with van der Waals surface area (Å²) < 4.78 is 4.78. The Balaban J connectivity index is 2.74. The Morgan fingerprint density at radius 3 is 3.00 bits per heavy atom. The molecule has 0 aliphatic heterocycles. The number of hydrogen-bond donors (Lipinski definition) is 2. The molecule has 4 heteroatoms. The minimum atomic E-state index is -0.443. The first-order chi connectivity index (χ1) is 4.74. The van der Waals surface area contributed by atoms with Crippen molar-refractivity contribution < 1.29 is 9.63 Å². The van der Waals surface area contributed by atoms with Gasteiger partial charge in [-0.05, 0) is 6.92 Å². The maximum atomic E-state index is 8.58. The molecule has 0 radical (unpaired) electrons. The van der Waals surface area contributed by atoms with Crippen molar-refractivity contribution >= 4 is 0 Å². The zero-order valence-corrected chi connectivity index (χ0v) is 5.74. The third-order valence-corrected chi connectivity index (χ3v) is 1.21. The van der Waals surface area contributed by atoms with E-state index < -0.39 is 6.04 Å². The molecule has 56 valence electrons. The second kappa shape index (κ2) is 2.81. The van der Waals surface area contributed by atoms with Crippen molar-refractivity contribution in [3.05, 3.63) is 17.5 Å². The number of aryl methyl sites for hydroxylation is 1. The van der Waals surface area contributed by atoms with Gasteiger partial charge < -0.3 is 15.4 Å². The van der Waals surface area contributed by atoms with Gasteiger partial charge in [0.15, 0.2) is 5.76 Å². The van der Waals surface area contributed by atoms with Gasteiger partial charge in [-0.2, -0.15) is 0 Å². The summed E-state index contributed by atoms with van der Waals surface area (Å²) in [7, 11) is 0. The van der Waals surface area contributed by atoms with Crippen LogP contribution in [-0.2, 0) is 0 Å². The number of hydrogen-bond acceptors (Lipinski definition) is 4. The molecule has 10 heavy (non-hydrogen) atoms. The van der Waals surface area contributed by atoms with Crippen LogP contribution in [-0.4, -0.2) is 16.9 Å². The van der Waals surface area contributed by atoms with Gasteiger partial charge in [0.05, 0.1) is 18.3 Å². The molecular formula is C6H10N2O2. The number of aliphatic hydroxyl groups is 1. The molecule has 0 unspecified atom stereocenters. The standard InChI is InChI=1S/C6H10N2O2/c1-4-2-6(10-8-4)5(7)3-9/h2,5,9H,3,7H2,1H3/t5-/m1/s1. The average molecular weight is 142 g/mol. The van der Waals surface area contributed by atoms with E-state index in [9.17, 15) is 0 Å². The van der Waals surface area contributed by atoms with Gasteiger partial charge in [0.25, 0.3) is 0 Å². The predicted octanol–water partition coefficient (Wildman–Crippen LogP) is -0.0249. The molecule has 1 atom stereocenters. The lowest BCUT2D eigenvalue weighted by molar-refractivity contribution is 0.240. The Bertz CT molecular complexity index is 209. The second-order valence-electron chi connectivity index (χ2n) is 2.16. The average Bonchev–Trinajstić information content (AvgIpc) is 2.34. The Kier molecular flexibility index (Phi) is 2.03. The highest BCUT2D eigenvalue weighted by molar-refractivity contribution is 5.06. The molecule has 0 aliphatic carbocycles. The molecular weight excluding hydrogens is 132 g/mol. The molecule has 0 fully saturated rings. The maximum Gasteiger partial charge on any atom is 0.156 e. The minimum absolute atomic E-state index is 0.116. The fourth-order valence-electron chi connectivity index (χ4n) is 0.648. The normalized spacial score (nSPS) is 13.5. The van der Waals surface area contributed by atoms with E-state index in [0.29, 0.717) is 5.76 Å². The zero-order chi connectivity index (χ0) is 7.56. The summed E-state index contributed by atoms with van der Waals surface area (Å²) in [5, 5.41) is 12.2. The van der Waals surface area contributed by atoms with Crippen molar-refractivity contribution in [2.24, 2.45) is 5.73 Å². The first-order valence-electron chi connectivity index (χ1n) is 3.03. The largest absolute Gasteiger partial charge is 0.394 e. The summed E-state index contributed by atoms with van der Waals surface area (Å²) in [6.07, 6.45) is 0. The van der Waals surface area contributed by atoms with Gasteiger partial charge in [0.2, 0.25) is 0 Å². The van der Waals surface area contributed by atoms with E-state index in [4.69, 9.17) is 15.4 Å². The van der Waals surface area contributed by atoms with Crippen LogP contribution < -0.4 is 5.73 Å². The summed E-state index contributed by atoms with van der Waals surface area (Å²) >= 11 is 0. The van der Waals surface area contributed by atoms with Crippen molar-refractivity contribution in [3.8, 4) is 0 Å². The lowest BCUT2D eigenvalue weighted by Crippen LogP contribution is -2.13.